The number of benzene rings is 1. The lowest BCUT2D eigenvalue weighted by molar-refractivity contribution is 0.610. The second-order valence-electron chi connectivity index (χ2n) is 3.58. The van der Waals surface area contributed by atoms with Crippen molar-refractivity contribution in [2.45, 2.75) is 0 Å². The van der Waals surface area contributed by atoms with Gasteiger partial charge in [0.05, 0.1) is 0 Å². The van der Waals surface area contributed by atoms with Gasteiger partial charge >= 0.3 is 0 Å². The Morgan fingerprint density at radius 3 is 2.69 bits per heavy atom. The molecule has 0 saturated carbocycles. The van der Waals surface area contributed by atoms with Crippen LogP contribution in [0.15, 0.2) is 42.1 Å². The molecule has 0 N–H and O–H groups in total. The van der Waals surface area contributed by atoms with Crippen molar-refractivity contribution in [3.05, 3.63) is 47.6 Å². The molecule has 2 aromatic rings. The molecule has 0 aliphatic rings. The molecule has 0 fully saturated rings. The maximum atomic E-state index is 11.0. The van der Waals surface area contributed by atoms with Crippen LogP contribution >= 0.6 is 0 Å². The Balaban J connectivity index is 2.57. The van der Waals surface area contributed by atoms with Gasteiger partial charge in [0.2, 0.25) is 0 Å². The average molecular weight is 233 g/mol. The van der Waals surface area contributed by atoms with Gasteiger partial charge in [0.25, 0.3) is 0 Å². The molecule has 0 aliphatic heterocycles. The molecule has 0 radical (unpaired) electrons. The summed E-state index contributed by atoms with van der Waals surface area (Å²) in [6.45, 7) is 0. The van der Waals surface area contributed by atoms with Gasteiger partial charge < -0.3 is 0 Å². The molecule has 0 amide bonds. The number of pyridine rings is 1. The van der Waals surface area contributed by atoms with Crippen molar-refractivity contribution in [2.24, 2.45) is 0 Å². The van der Waals surface area contributed by atoms with E-state index < -0.39 is 9.84 Å². The van der Waals surface area contributed by atoms with E-state index in [4.69, 9.17) is 0 Å². The van der Waals surface area contributed by atoms with E-state index in [0.29, 0.717) is 0 Å². The van der Waals surface area contributed by atoms with Crippen LogP contribution in [-0.2, 0) is 9.84 Å². The second kappa shape index (κ2) is 4.06. The van der Waals surface area contributed by atoms with E-state index in [1.807, 2.05) is 24.3 Å². The zero-order valence-electron chi connectivity index (χ0n) is 8.79. The van der Waals surface area contributed by atoms with Gasteiger partial charge in [-0.25, -0.2) is 8.42 Å². The lowest BCUT2D eigenvalue weighted by atomic mass is 10.1. The van der Waals surface area contributed by atoms with E-state index in [2.05, 4.69) is 4.98 Å². The Hall–Kier alpha value is -1.68. The number of hydrogen-bond donors (Lipinski definition) is 0. The van der Waals surface area contributed by atoms with Gasteiger partial charge in [-0.05, 0) is 11.5 Å². The molecule has 0 unspecified atom stereocenters. The number of rotatable bonds is 2. The first kappa shape index (κ1) is 10.8. The number of hydrogen-bond acceptors (Lipinski definition) is 3. The predicted octanol–water partition coefficient (Wildman–Crippen LogP) is 2.25. The number of fused-ring (bicyclic) bond motifs is 1. The van der Waals surface area contributed by atoms with Crippen LogP contribution in [-0.4, -0.2) is 19.7 Å². The van der Waals surface area contributed by atoms with Crippen LogP contribution in [0.5, 0.6) is 0 Å². The molecule has 4 heteroatoms. The zero-order valence-corrected chi connectivity index (χ0v) is 9.61. The van der Waals surface area contributed by atoms with Crippen molar-refractivity contribution in [3.8, 4) is 0 Å². The van der Waals surface area contributed by atoms with Gasteiger partial charge in [0, 0.05) is 35.0 Å². The summed E-state index contributed by atoms with van der Waals surface area (Å²) in [5.41, 5.74) is 0.809. The molecule has 1 aromatic heterocycles. The van der Waals surface area contributed by atoms with Crippen molar-refractivity contribution in [2.75, 3.05) is 6.26 Å². The standard InChI is InChI=1S/C12H11NO2S/c1-16(14,15)7-6-11-9-13-8-10-4-2-3-5-12(10)11/h2-9H,1H3/b7-6+. The molecular formula is C12H11NO2S. The molecule has 3 nitrogen and oxygen atoms in total. The van der Waals surface area contributed by atoms with Crippen LogP contribution in [0, 0.1) is 0 Å². The van der Waals surface area contributed by atoms with Crippen molar-refractivity contribution < 1.29 is 8.42 Å². The maximum absolute atomic E-state index is 11.0. The topological polar surface area (TPSA) is 47.0 Å². The number of sulfone groups is 1. The summed E-state index contributed by atoms with van der Waals surface area (Å²) < 4.78 is 22.1. The SMILES string of the molecule is CS(=O)(=O)/C=C/c1cncc2ccccc12. The molecule has 0 spiro atoms. The monoisotopic (exact) mass is 233 g/mol. The maximum Gasteiger partial charge on any atom is 0.168 e. The van der Waals surface area contributed by atoms with Crippen molar-refractivity contribution in [1.29, 1.82) is 0 Å². The zero-order chi connectivity index (χ0) is 11.6. The Bertz CT molecular complexity index is 640. The summed E-state index contributed by atoms with van der Waals surface area (Å²) in [4.78, 5) is 4.07. The summed E-state index contributed by atoms with van der Waals surface area (Å²) in [6, 6.07) is 7.73. The molecule has 0 aliphatic carbocycles. The van der Waals surface area contributed by atoms with E-state index in [-0.39, 0.29) is 0 Å². The van der Waals surface area contributed by atoms with Gasteiger partial charge in [0.1, 0.15) is 0 Å². The minimum atomic E-state index is -3.10. The summed E-state index contributed by atoms with van der Waals surface area (Å²) in [6.07, 6.45) is 6.16. The van der Waals surface area contributed by atoms with E-state index in [0.717, 1.165) is 16.3 Å². The highest BCUT2D eigenvalue weighted by Gasteiger charge is 1.99. The van der Waals surface area contributed by atoms with Crippen LogP contribution < -0.4 is 0 Å². The van der Waals surface area contributed by atoms with Crippen LogP contribution in [0.2, 0.25) is 0 Å². The van der Waals surface area contributed by atoms with E-state index in [1.165, 1.54) is 11.7 Å². The second-order valence-corrected chi connectivity index (χ2v) is 5.51. The Morgan fingerprint density at radius 1 is 1.19 bits per heavy atom. The smallest absolute Gasteiger partial charge is 0.168 e. The first-order chi connectivity index (χ1) is 7.56. The van der Waals surface area contributed by atoms with Gasteiger partial charge in [-0.2, -0.15) is 0 Å². The van der Waals surface area contributed by atoms with Crippen LogP contribution in [0.1, 0.15) is 5.56 Å². The quantitative estimate of drug-likeness (QED) is 0.799. The van der Waals surface area contributed by atoms with Gasteiger partial charge in [-0.3, -0.25) is 4.98 Å². The highest BCUT2D eigenvalue weighted by molar-refractivity contribution is 7.93. The minimum absolute atomic E-state index is 0.809. The first-order valence-corrected chi connectivity index (χ1v) is 6.72. The van der Waals surface area contributed by atoms with E-state index >= 15 is 0 Å². The fourth-order valence-corrected chi connectivity index (χ4v) is 1.86. The lowest BCUT2D eigenvalue weighted by Gasteiger charge is -2.00. The first-order valence-electron chi connectivity index (χ1n) is 4.77. The summed E-state index contributed by atoms with van der Waals surface area (Å²) in [5, 5.41) is 3.19. The third-order valence-electron chi connectivity index (χ3n) is 2.19. The molecule has 0 bridgehead atoms. The highest BCUT2D eigenvalue weighted by atomic mass is 32.2. The van der Waals surface area contributed by atoms with Gasteiger partial charge in [0.15, 0.2) is 9.84 Å². The Morgan fingerprint density at radius 2 is 1.94 bits per heavy atom. The molecule has 1 aromatic carbocycles. The largest absolute Gasteiger partial charge is 0.263 e. The average Bonchev–Trinajstić information content (AvgIpc) is 2.25. The fourth-order valence-electron chi connectivity index (χ4n) is 1.47. The molecule has 82 valence electrons. The molecule has 0 atom stereocenters. The third kappa shape index (κ3) is 2.46. The van der Waals surface area contributed by atoms with E-state index in [1.54, 1.807) is 18.5 Å². The Kier molecular flexibility index (Phi) is 2.75. The molecule has 2 rings (SSSR count). The van der Waals surface area contributed by atoms with Gasteiger partial charge in [-0.15, -0.1) is 0 Å². The predicted molar refractivity (Wildman–Crippen MR) is 65.6 cm³/mol. The molecular weight excluding hydrogens is 222 g/mol. The fraction of sp³-hybridized carbons (Fsp3) is 0.0833. The van der Waals surface area contributed by atoms with Crippen LogP contribution in [0.4, 0.5) is 0 Å². The summed E-state index contributed by atoms with van der Waals surface area (Å²) in [7, 11) is -3.10. The van der Waals surface area contributed by atoms with Crippen LogP contribution in [0.25, 0.3) is 16.8 Å². The summed E-state index contributed by atoms with van der Waals surface area (Å²) >= 11 is 0. The number of nitrogens with zero attached hydrogens (tertiary/aromatic N) is 1. The molecule has 0 saturated heterocycles. The van der Waals surface area contributed by atoms with Crippen molar-refractivity contribution >= 4 is 26.7 Å². The third-order valence-corrected chi connectivity index (χ3v) is 2.82. The highest BCUT2D eigenvalue weighted by Crippen LogP contribution is 2.18. The normalized spacial score (nSPS) is 12.3. The van der Waals surface area contributed by atoms with E-state index in [9.17, 15) is 8.42 Å². The van der Waals surface area contributed by atoms with Crippen LogP contribution in [0.3, 0.4) is 0 Å². The number of aromatic nitrogens is 1. The molecule has 16 heavy (non-hydrogen) atoms. The van der Waals surface area contributed by atoms with Crippen molar-refractivity contribution in [3.63, 3.8) is 0 Å². The Labute approximate surface area is 94.4 Å². The molecule has 1 heterocycles. The summed E-state index contributed by atoms with van der Waals surface area (Å²) in [5.74, 6) is 0. The van der Waals surface area contributed by atoms with Crippen molar-refractivity contribution in [1.82, 2.24) is 4.98 Å². The lowest BCUT2D eigenvalue weighted by Crippen LogP contribution is -1.88. The van der Waals surface area contributed by atoms with Gasteiger partial charge in [-0.1, -0.05) is 24.3 Å². The minimum Gasteiger partial charge on any atom is -0.263 e.